The SMILES string of the molecule is C/C(=C/C(=O)O)CCCC(C)CCCC(C)C. The summed E-state index contributed by atoms with van der Waals surface area (Å²) in [6.07, 6.45) is 8.51. The largest absolute Gasteiger partial charge is 0.478 e. The first kappa shape index (κ1) is 16.2. The summed E-state index contributed by atoms with van der Waals surface area (Å²) >= 11 is 0. The van der Waals surface area contributed by atoms with Crippen LogP contribution in [0.4, 0.5) is 0 Å². The molecule has 0 aliphatic rings. The van der Waals surface area contributed by atoms with Crippen LogP contribution in [-0.2, 0) is 4.79 Å². The van der Waals surface area contributed by atoms with Crippen LogP contribution in [0, 0.1) is 11.8 Å². The number of aliphatic carboxylic acids is 1. The Bertz CT molecular complexity index is 241. The van der Waals surface area contributed by atoms with E-state index in [1.165, 1.54) is 31.8 Å². The molecule has 0 rings (SSSR count). The quantitative estimate of drug-likeness (QED) is 0.596. The molecule has 1 N–H and O–H groups in total. The Morgan fingerprint density at radius 1 is 1.12 bits per heavy atom. The molecule has 0 radical (unpaired) electrons. The van der Waals surface area contributed by atoms with E-state index in [9.17, 15) is 4.79 Å². The molecular weight excluding hydrogens is 212 g/mol. The number of carbonyl (C=O) groups is 1. The van der Waals surface area contributed by atoms with Gasteiger partial charge in [-0.25, -0.2) is 4.79 Å². The number of hydrogen-bond donors (Lipinski definition) is 1. The topological polar surface area (TPSA) is 37.3 Å². The molecule has 0 aliphatic heterocycles. The number of carboxylic acid groups (broad SMARTS) is 1. The van der Waals surface area contributed by atoms with E-state index in [0.717, 1.165) is 30.3 Å². The van der Waals surface area contributed by atoms with Crippen LogP contribution in [0.15, 0.2) is 11.6 Å². The summed E-state index contributed by atoms with van der Waals surface area (Å²) in [5.41, 5.74) is 0.979. The molecule has 2 nitrogen and oxygen atoms in total. The van der Waals surface area contributed by atoms with Crippen LogP contribution in [0.2, 0.25) is 0 Å². The molecule has 0 aromatic carbocycles. The Kier molecular flexibility index (Phi) is 8.83. The fraction of sp³-hybridized carbons (Fsp3) is 0.800. The minimum Gasteiger partial charge on any atom is -0.478 e. The highest BCUT2D eigenvalue weighted by Crippen LogP contribution is 2.18. The van der Waals surface area contributed by atoms with Crippen molar-refractivity contribution < 1.29 is 9.90 Å². The first-order valence-corrected chi connectivity index (χ1v) is 6.82. The zero-order valence-corrected chi connectivity index (χ0v) is 11.8. The minimum absolute atomic E-state index is 0.770. The lowest BCUT2D eigenvalue weighted by Crippen LogP contribution is -1.97. The van der Waals surface area contributed by atoms with Crippen LogP contribution in [0.25, 0.3) is 0 Å². The molecule has 0 fully saturated rings. The van der Waals surface area contributed by atoms with Crippen molar-refractivity contribution in [3.05, 3.63) is 11.6 Å². The number of carboxylic acids is 1. The van der Waals surface area contributed by atoms with E-state index in [4.69, 9.17) is 5.11 Å². The second-order valence-electron chi connectivity index (χ2n) is 5.65. The van der Waals surface area contributed by atoms with Crippen molar-refractivity contribution in [3.8, 4) is 0 Å². The Morgan fingerprint density at radius 2 is 1.71 bits per heavy atom. The third kappa shape index (κ3) is 11.5. The molecule has 0 saturated heterocycles. The summed E-state index contributed by atoms with van der Waals surface area (Å²) < 4.78 is 0. The fourth-order valence-corrected chi connectivity index (χ4v) is 2.03. The molecule has 1 unspecified atom stereocenters. The van der Waals surface area contributed by atoms with E-state index in [2.05, 4.69) is 20.8 Å². The Balaban J connectivity index is 3.57. The summed E-state index contributed by atoms with van der Waals surface area (Å²) in [5, 5.41) is 8.58. The molecule has 0 aromatic rings. The molecule has 17 heavy (non-hydrogen) atoms. The second kappa shape index (κ2) is 9.26. The smallest absolute Gasteiger partial charge is 0.328 e. The van der Waals surface area contributed by atoms with E-state index in [0.29, 0.717) is 0 Å². The summed E-state index contributed by atoms with van der Waals surface area (Å²) in [6, 6.07) is 0. The number of hydrogen-bond acceptors (Lipinski definition) is 1. The van der Waals surface area contributed by atoms with Gasteiger partial charge < -0.3 is 5.11 Å². The van der Waals surface area contributed by atoms with Gasteiger partial charge in [-0.2, -0.15) is 0 Å². The minimum atomic E-state index is -0.826. The fourth-order valence-electron chi connectivity index (χ4n) is 2.03. The van der Waals surface area contributed by atoms with Gasteiger partial charge in [-0.05, 0) is 31.6 Å². The molecular formula is C15H28O2. The van der Waals surface area contributed by atoms with Crippen LogP contribution in [0.1, 0.15) is 66.2 Å². The van der Waals surface area contributed by atoms with Gasteiger partial charge in [0.1, 0.15) is 0 Å². The number of rotatable bonds is 9. The zero-order chi connectivity index (χ0) is 13.3. The van der Waals surface area contributed by atoms with Crippen LogP contribution in [0.3, 0.4) is 0 Å². The third-order valence-electron chi connectivity index (χ3n) is 3.12. The predicted octanol–water partition coefficient (Wildman–Crippen LogP) is 4.65. The lowest BCUT2D eigenvalue weighted by atomic mass is 9.94. The van der Waals surface area contributed by atoms with Gasteiger partial charge in [0, 0.05) is 6.08 Å². The molecule has 0 bridgehead atoms. The molecule has 0 amide bonds. The van der Waals surface area contributed by atoms with Gasteiger partial charge in [-0.3, -0.25) is 0 Å². The Hall–Kier alpha value is -0.790. The van der Waals surface area contributed by atoms with Gasteiger partial charge in [0.2, 0.25) is 0 Å². The van der Waals surface area contributed by atoms with Crippen molar-refractivity contribution in [1.29, 1.82) is 0 Å². The highest BCUT2D eigenvalue weighted by atomic mass is 16.4. The third-order valence-corrected chi connectivity index (χ3v) is 3.12. The first-order valence-electron chi connectivity index (χ1n) is 6.82. The Morgan fingerprint density at radius 3 is 2.24 bits per heavy atom. The maximum Gasteiger partial charge on any atom is 0.328 e. The zero-order valence-electron chi connectivity index (χ0n) is 11.8. The summed E-state index contributed by atoms with van der Waals surface area (Å²) in [7, 11) is 0. The normalized spacial score (nSPS) is 14.1. The van der Waals surface area contributed by atoms with Crippen LogP contribution >= 0.6 is 0 Å². The molecule has 100 valence electrons. The van der Waals surface area contributed by atoms with Gasteiger partial charge in [0.25, 0.3) is 0 Å². The highest BCUT2D eigenvalue weighted by molar-refractivity contribution is 5.80. The molecule has 2 heteroatoms. The van der Waals surface area contributed by atoms with Crippen LogP contribution in [0.5, 0.6) is 0 Å². The molecule has 0 heterocycles. The van der Waals surface area contributed by atoms with E-state index < -0.39 is 5.97 Å². The molecule has 1 atom stereocenters. The Labute approximate surface area is 106 Å². The maximum atomic E-state index is 10.4. The van der Waals surface area contributed by atoms with Crippen LogP contribution < -0.4 is 0 Å². The summed E-state index contributed by atoms with van der Waals surface area (Å²) in [6.45, 7) is 8.74. The van der Waals surface area contributed by atoms with Gasteiger partial charge in [-0.1, -0.05) is 52.0 Å². The molecule has 0 spiro atoms. The van der Waals surface area contributed by atoms with Gasteiger partial charge in [0.05, 0.1) is 0 Å². The van der Waals surface area contributed by atoms with Crippen LogP contribution in [-0.4, -0.2) is 11.1 Å². The second-order valence-corrected chi connectivity index (χ2v) is 5.65. The molecule has 0 aliphatic carbocycles. The highest BCUT2D eigenvalue weighted by Gasteiger charge is 2.03. The lowest BCUT2D eigenvalue weighted by Gasteiger charge is -2.12. The van der Waals surface area contributed by atoms with Gasteiger partial charge in [-0.15, -0.1) is 0 Å². The van der Waals surface area contributed by atoms with Crippen molar-refractivity contribution >= 4 is 5.97 Å². The maximum absolute atomic E-state index is 10.4. The summed E-state index contributed by atoms with van der Waals surface area (Å²) in [4.78, 5) is 10.4. The standard InChI is InChI=1S/C15H28O2/c1-12(2)7-5-8-13(3)9-6-10-14(4)11-15(16)17/h11-13H,5-10H2,1-4H3,(H,16,17)/b14-11-. The lowest BCUT2D eigenvalue weighted by molar-refractivity contribution is -0.131. The van der Waals surface area contributed by atoms with Crippen molar-refractivity contribution in [1.82, 2.24) is 0 Å². The average Bonchev–Trinajstić information content (AvgIpc) is 2.15. The van der Waals surface area contributed by atoms with E-state index in [1.807, 2.05) is 6.92 Å². The first-order chi connectivity index (χ1) is 7.91. The molecule has 0 saturated carbocycles. The summed E-state index contributed by atoms with van der Waals surface area (Å²) in [5.74, 6) is 0.752. The van der Waals surface area contributed by atoms with Crippen molar-refractivity contribution in [2.75, 3.05) is 0 Å². The van der Waals surface area contributed by atoms with E-state index in [-0.39, 0.29) is 0 Å². The number of allylic oxidation sites excluding steroid dienone is 1. The van der Waals surface area contributed by atoms with Gasteiger partial charge in [0.15, 0.2) is 0 Å². The van der Waals surface area contributed by atoms with E-state index >= 15 is 0 Å². The monoisotopic (exact) mass is 240 g/mol. The van der Waals surface area contributed by atoms with Crippen molar-refractivity contribution in [2.24, 2.45) is 11.8 Å². The average molecular weight is 240 g/mol. The van der Waals surface area contributed by atoms with Gasteiger partial charge >= 0.3 is 5.97 Å². The molecule has 0 aromatic heterocycles. The van der Waals surface area contributed by atoms with Crippen molar-refractivity contribution in [3.63, 3.8) is 0 Å². The van der Waals surface area contributed by atoms with Crippen molar-refractivity contribution in [2.45, 2.75) is 66.2 Å². The van der Waals surface area contributed by atoms with E-state index in [1.54, 1.807) is 0 Å². The predicted molar refractivity (Wildman–Crippen MR) is 73.1 cm³/mol.